The summed E-state index contributed by atoms with van der Waals surface area (Å²) < 4.78 is 16.4. The van der Waals surface area contributed by atoms with Crippen molar-refractivity contribution in [2.45, 2.75) is 12.6 Å². The van der Waals surface area contributed by atoms with E-state index in [1.807, 2.05) is 18.2 Å². The van der Waals surface area contributed by atoms with Gasteiger partial charge in [-0.25, -0.2) is 4.79 Å². The second-order valence-corrected chi connectivity index (χ2v) is 5.43. The van der Waals surface area contributed by atoms with Gasteiger partial charge in [0.25, 0.3) is 0 Å². The van der Waals surface area contributed by atoms with E-state index < -0.39 is 6.10 Å². The lowest BCUT2D eigenvalue weighted by atomic mass is 10.1. The predicted octanol–water partition coefficient (Wildman–Crippen LogP) is 1.83. The zero-order valence-corrected chi connectivity index (χ0v) is 13.2. The van der Waals surface area contributed by atoms with Crippen LogP contribution in [0.25, 0.3) is 0 Å². The molecule has 1 aromatic carbocycles. The molecule has 1 aliphatic heterocycles. The fourth-order valence-electron chi connectivity index (χ4n) is 2.16. The van der Waals surface area contributed by atoms with Crippen molar-refractivity contribution in [1.82, 2.24) is 4.90 Å². The van der Waals surface area contributed by atoms with Crippen molar-refractivity contribution < 1.29 is 19.0 Å². The minimum Gasteiger partial charge on any atom is -0.497 e. The lowest BCUT2D eigenvalue weighted by molar-refractivity contribution is -0.160. The maximum absolute atomic E-state index is 11.5. The smallest absolute Gasteiger partial charge is 0.336 e. The monoisotopic (exact) mass is 343 g/mol. The molecular weight excluding hydrogens is 326 g/mol. The fraction of sp³-hybridized carbons (Fsp3) is 0.500. The highest BCUT2D eigenvalue weighted by molar-refractivity contribution is 9.10. The molecule has 1 heterocycles. The molecule has 1 saturated heterocycles. The van der Waals surface area contributed by atoms with Crippen LogP contribution in [0.1, 0.15) is 5.56 Å². The van der Waals surface area contributed by atoms with Gasteiger partial charge in [-0.05, 0) is 23.8 Å². The van der Waals surface area contributed by atoms with Gasteiger partial charge in [-0.3, -0.25) is 4.90 Å². The highest BCUT2D eigenvalue weighted by atomic mass is 79.9. The van der Waals surface area contributed by atoms with Crippen molar-refractivity contribution in [3.8, 4) is 5.75 Å². The Balaban J connectivity index is 2.04. The molecule has 0 aliphatic carbocycles. The van der Waals surface area contributed by atoms with Crippen LogP contribution in [-0.4, -0.2) is 50.9 Å². The van der Waals surface area contributed by atoms with E-state index >= 15 is 0 Å². The number of ether oxygens (including phenoxy) is 3. The predicted molar refractivity (Wildman–Crippen MR) is 77.7 cm³/mol. The summed E-state index contributed by atoms with van der Waals surface area (Å²) in [6, 6.07) is 5.86. The van der Waals surface area contributed by atoms with E-state index in [1.54, 1.807) is 7.11 Å². The van der Waals surface area contributed by atoms with Gasteiger partial charge in [0.15, 0.2) is 6.10 Å². The molecule has 0 bridgehead atoms. The van der Waals surface area contributed by atoms with E-state index in [9.17, 15) is 4.79 Å². The Labute approximate surface area is 126 Å². The molecule has 1 aliphatic rings. The molecule has 20 heavy (non-hydrogen) atoms. The molecule has 0 spiro atoms. The Morgan fingerprint density at radius 3 is 3.00 bits per heavy atom. The Morgan fingerprint density at radius 2 is 2.30 bits per heavy atom. The topological polar surface area (TPSA) is 48.0 Å². The minimum atomic E-state index is -0.502. The molecule has 0 N–H and O–H groups in total. The molecule has 1 unspecified atom stereocenters. The van der Waals surface area contributed by atoms with E-state index in [2.05, 4.69) is 20.8 Å². The molecule has 5 nitrogen and oxygen atoms in total. The van der Waals surface area contributed by atoms with Crippen LogP contribution in [0.4, 0.5) is 0 Å². The zero-order valence-electron chi connectivity index (χ0n) is 11.6. The summed E-state index contributed by atoms with van der Waals surface area (Å²) in [5, 5.41) is 0. The fourth-order valence-corrected chi connectivity index (χ4v) is 2.53. The summed E-state index contributed by atoms with van der Waals surface area (Å²) in [7, 11) is 3.03. The number of carbonyl (C=O) groups excluding carboxylic acids is 1. The van der Waals surface area contributed by atoms with Crippen LogP contribution < -0.4 is 4.74 Å². The first-order valence-electron chi connectivity index (χ1n) is 6.38. The van der Waals surface area contributed by atoms with Crippen LogP contribution in [0.15, 0.2) is 22.7 Å². The summed E-state index contributed by atoms with van der Waals surface area (Å²) in [6.07, 6.45) is -0.502. The summed E-state index contributed by atoms with van der Waals surface area (Å²) in [5.74, 6) is 0.500. The van der Waals surface area contributed by atoms with Crippen LogP contribution in [-0.2, 0) is 20.8 Å². The van der Waals surface area contributed by atoms with E-state index in [0.717, 1.165) is 28.9 Å². The summed E-state index contributed by atoms with van der Waals surface area (Å²) in [5.41, 5.74) is 1.12. The molecule has 0 radical (unpaired) electrons. The zero-order chi connectivity index (χ0) is 14.5. The summed E-state index contributed by atoms with van der Waals surface area (Å²) in [4.78, 5) is 13.7. The van der Waals surface area contributed by atoms with Crippen LogP contribution >= 0.6 is 15.9 Å². The van der Waals surface area contributed by atoms with Gasteiger partial charge in [0.1, 0.15) is 5.75 Å². The number of nitrogens with zero attached hydrogens (tertiary/aromatic N) is 1. The third kappa shape index (κ3) is 3.71. The normalized spacial score (nSPS) is 19.6. The van der Waals surface area contributed by atoms with Crippen LogP contribution in [0.5, 0.6) is 5.75 Å². The van der Waals surface area contributed by atoms with Crippen LogP contribution in [0, 0.1) is 0 Å². The number of hydrogen-bond acceptors (Lipinski definition) is 5. The van der Waals surface area contributed by atoms with Gasteiger partial charge >= 0.3 is 5.97 Å². The molecule has 1 atom stereocenters. The van der Waals surface area contributed by atoms with Crippen molar-refractivity contribution in [1.29, 1.82) is 0 Å². The lowest BCUT2D eigenvalue weighted by Gasteiger charge is -2.31. The Hall–Kier alpha value is -1.11. The highest BCUT2D eigenvalue weighted by Crippen LogP contribution is 2.24. The summed E-state index contributed by atoms with van der Waals surface area (Å²) in [6.45, 7) is 2.59. The average Bonchev–Trinajstić information content (AvgIpc) is 2.49. The number of halogens is 1. The molecule has 0 saturated carbocycles. The van der Waals surface area contributed by atoms with Crippen LogP contribution in [0.2, 0.25) is 0 Å². The minimum absolute atomic E-state index is 0.320. The first-order chi connectivity index (χ1) is 9.63. The molecule has 1 fully saturated rings. The SMILES string of the molecule is COC(=O)C1CN(Cc2cc(OC)ccc2Br)CCO1. The molecule has 1 aromatic rings. The van der Waals surface area contributed by atoms with Crippen molar-refractivity contribution in [2.24, 2.45) is 0 Å². The number of rotatable bonds is 4. The number of esters is 1. The van der Waals surface area contributed by atoms with Gasteiger partial charge in [0.05, 0.1) is 20.8 Å². The van der Waals surface area contributed by atoms with Gasteiger partial charge in [0, 0.05) is 24.1 Å². The average molecular weight is 344 g/mol. The Kier molecular flexibility index (Phi) is 5.39. The third-order valence-electron chi connectivity index (χ3n) is 3.26. The number of carbonyl (C=O) groups is 1. The maximum atomic E-state index is 11.5. The Bertz CT molecular complexity index is 480. The standard InChI is InChI=1S/C14H18BrNO4/c1-18-11-3-4-12(15)10(7-11)8-16-5-6-20-13(9-16)14(17)19-2/h3-4,7,13H,5-6,8-9H2,1-2H3. The van der Waals surface area contributed by atoms with Gasteiger partial charge in [-0.15, -0.1) is 0 Å². The van der Waals surface area contributed by atoms with E-state index in [-0.39, 0.29) is 5.97 Å². The van der Waals surface area contributed by atoms with E-state index in [0.29, 0.717) is 13.2 Å². The molecule has 6 heteroatoms. The van der Waals surface area contributed by atoms with Crippen molar-refractivity contribution in [2.75, 3.05) is 33.9 Å². The number of benzene rings is 1. The maximum Gasteiger partial charge on any atom is 0.336 e. The third-order valence-corrected chi connectivity index (χ3v) is 4.04. The highest BCUT2D eigenvalue weighted by Gasteiger charge is 2.27. The lowest BCUT2D eigenvalue weighted by Crippen LogP contribution is -2.46. The second kappa shape index (κ2) is 7.06. The number of morpholine rings is 1. The molecular formula is C14H18BrNO4. The Morgan fingerprint density at radius 1 is 1.50 bits per heavy atom. The molecule has 0 aromatic heterocycles. The molecule has 0 amide bonds. The van der Waals surface area contributed by atoms with Crippen molar-refractivity contribution in [3.63, 3.8) is 0 Å². The second-order valence-electron chi connectivity index (χ2n) is 4.58. The molecule has 2 rings (SSSR count). The van der Waals surface area contributed by atoms with Gasteiger partial charge in [0.2, 0.25) is 0 Å². The largest absolute Gasteiger partial charge is 0.497 e. The van der Waals surface area contributed by atoms with Crippen molar-refractivity contribution >= 4 is 21.9 Å². The summed E-state index contributed by atoms with van der Waals surface area (Å²) >= 11 is 3.54. The molecule has 110 valence electrons. The quantitative estimate of drug-likeness (QED) is 0.780. The van der Waals surface area contributed by atoms with Gasteiger partial charge in [-0.1, -0.05) is 15.9 Å². The first kappa shape index (κ1) is 15.3. The van der Waals surface area contributed by atoms with Crippen molar-refractivity contribution in [3.05, 3.63) is 28.2 Å². The first-order valence-corrected chi connectivity index (χ1v) is 7.17. The van der Waals surface area contributed by atoms with E-state index in [1.165, 1.54) is 7.11 Å². The van der Waals surface area contributed by atoms with Gasteiger partial charge < -0.3 is 14.2 Å². The number of methoxy groups -OCH3 is 2. The van der Waals surface area contributed by atoms with Crippen LogP contribution in [0.3, 0.4) is 0 Å². The number of hydrogen-bond donors (Lipinski definition) is 0. The van der Waals surface area contributed by atoms with E-state index in [4.69, 9.17) is 14.2 Å². The van der Waals surface area contributed by atoms with Gasteiger partial charge in [-0.2, -0.15) is 0 Å².